The number of piperidine rings is 1. The van der Waals surface area contributed by atoms with E-state index in [1.807, 2.05) is 29.2 Å². The van der Waals surface area contributed by atoms with Crippen LogP contribution in [0.5, 0.6) is 0 Å². The predicted molar refractivity (Wildman–Crippen MR) is 120 cm³/mol. The molecule has 1 fully saturated rings. The van der Waals surface area contributed by atoms with Gasteiger partial charge in [-0.3, -0.25) is 4.79 Å². The molecule has 0 N–H and O–H groups in total. The third-order valence-electron chi connectivity index (χ3n) is 5.80. The van der Waals surface area contributed by atoms with E-state index < -0.39 is 0 Å². The van der Waals surface area contributed by atoms with Crippen LogP contribution in [0, 0.1) is 5.82 Å². The van der Waals surface area contributed by atoms with Crippen LogP contribution in [0.4, 0.5) is 4.39 Å². The average molecular weight is 435 g/mol. The number of nitrogens with zero attached hydrogens (tertiary/aromatic N) is 2. The second-order valence-electron chi connectivity index (χ2n) is 7.86. The fraction of sp³-hybridized carbons (Fsp3) is 0.280. The number of amides is 1. The fourth-order valence-electron chi connectivity index (χ4n) is 4.21. The average Bonchev–Trinajstić information content (AvgIpc) is 3.45. The molecule has 4 nitrogen and oxygen atoms in total. The summed E-state index contributed by atoms with van der Waals surface area (Å²) in [6.45, 7) is 0.762. The van der Waals surface area contributed by atoms with Crippen molar-refractivity contribution in [2.45, 2.75) is 38.1 Å². The first-order chi connectivity index (χ1) is 15.2. The summed E-state index contributed by atoms with van der Waals surface area (Å²) in [5.41, 5.74) is 1.43. The Morgan fingerprint density at radius 2 is 1.94 bits per heavy atom. The number of para-hydroxylation sites is 1. The van der Waals surface area contributed by atoms with Gasteiger partial charge in [0.2, 0.25) is 5.91 Å². The minimum atomic E-state index is -0.313. The lowest BCUT2D eigenvalue weighted by Gasteiger charge is -2.34. The minimum Gasteiger partial charge on any atom is -0.461 e. The van der Waals surface area contributed by atoms with Crippen molar-refractivity contribution in [1.82, 2.24) is 9.88 Å². The van der Waals surface area contributed by atoms with E-state index in [-0.39, 0.29) is 17.8 Å². The van der Waals surface area contributed by atoms with Crippen LogP contribution in [0.2, 0.25) is 0 Å². The lowest BCUT2D eigenvalue weighted by Crippen LogP contribution is -2.38. The van der Waals surface area contributed by atoms with Gasteiger partial charge in [0.25, 0.3) is 0 Å². The summed E-state index contributed by atoms with van der Waals surface area (Å²) in [6, 6.07) is 18.3. The van der Waals surface area contributed by atoms with E-state index in [2.05, 4.69) is 6.07 Å². The maximum absolute atomic E-state index is 14.0. The van der Waals surface area contributed by atoms with Gasteiger partial charge in [0.15, 0.2) is 0 Å². The first kappa shape index (κ1) is 19.9. The highest BCUT2D eigenvalue weighted by Crippen LogP contribution is 2.36. The zero-order valence-electron chi connectivity index (χ0n) is 17.1. The molecule has 0 bridgehead atoms. The van der Waals surface area contributed by atoms with Crippen LogP contribution in [-0.2, 0) is 11.2 Å². The molecule has 5 rings (SSSR count). The number of hydrogen-bond acceptors (Lipinski definition) is 4. The molecule has 0 spiro atoms. The molecule has 31 heavy (non-hydrogen) atoms. The van der Waals surface area contributed by atoms with Crippen molar-refractivity contribution in [2.24, 2.45) is 0 Å². The molecule has 1 amide bonds. The Hall–Kier alpha value is -2.99. The number of carbonyl (C=O) groups is 1. The molecule has 4 aromatic rings. The van der Waals surface area contributed by atoms with Crippen molar-refractivity contribution < 1.29 is 13.6 Å². The van der Waals surface area contributed by atoms with E-state index >= 15 is 0 Å². The molecular weight excluding hydrogens is 411 g/mol. The van der Waals surface area contributed by atoms with Gasteiger partial charge in [-0.05, 0) is 55.7 Å². The van der Waals surface area contributed by atoms with E-state index in [1.165, 1.54) is 6.07 Å². The number of fused-ring (bicyclic) bond motifs is 1. The minimum absolute atomic E-state index is 0.0456. The number of hydrogen-bond donors (Lipinski definition) is 0. The molecule has 6 heteroatoms. The lowest BCUT2D eigenvalue weighted by atomic mass is 10.0. The molecule has 1 aliphatic rings. The molecule has 2 aromatic carbocycles. The maximum atomic E-state index is 14.0. The normalized spacial score (nSPS) is 16.7. The first-order valence-corrected chi connectivity index (χ1v) is 11.5. The number of likely N-dealkylation sites (tertiary alicyclic amines) is 1. The molecule has 3 heterocycles. The Kier molecular flexibility index (Phi) is 5.55. The smallest absolute Gasteiger partial charge is 0.223 e. The number of rotatable bonds is 5. The standard InChI is InChI=1S/C25H23FN2O2S/c26-19-8-2-1-7-18(19)22-14-12-17(30-22)13-15-24(29)28-16-6-5-10-21(28)25-27-20-9-3-4-11-23(20)31-25/h1-4,7-9,11-12,14,21H,5-6,10,13,15-16H2/t21-/m1/s1. The van der Waals surface area contributed by atoms with Crippen molar-refractivity contribution in [3.63, 3.8) is 0 Å². The predicted octanol–water partition coefficient (Wildman–Crippen LogP) is 6.38. The fourth-order valence-corrected chi connectivity index (χ4v) is 5.33. The van der Waals surface area contributed by atoms with E-state index in [4.69, 9.17) is 9.40 Å². The third-order valence-corrected chi connectivity index (χ3v) is 6.94. The molecule has 1 saturated heterocycles. The zero-order valence-corrected chi connectivity index (χ0v) is 17.9. The number of benzene rings is 2. The topological polar surface area (TPSA) is 46.3 Å². The summed E-state index contributed by atoms with van der Waals surface area (Å²) < 4.78 is 21.0. The van der Waals surface area contributed by atoms with Gasteiger partial charge >= 0.3 is 0 Å². The number of halogens is 1. The summed E-state index contributed by atoms with van der Waals surface area (Å²) in [5.74, 6) is 0.991. The molecule has 0 aliphatic carbocycles. The number of thiazole rings is 1. The van der Waals surface area contributed by atoms with Gasteiger partial charge in [-0.2, -0.15) is 0 Å². The van der Waals surface area contributed by atoms with Crippen LogP contribution in [-0.4, -0.2) is 22.3 Å². The number of furan rings is 1. The second kappa shape index (κ2) is 8.63. The van der Waals surface area contributed by atoms with Crippen LogP contribution < -0.4 is 0 Å². The number of carbonyl (C=O) groups excluding carboxylic acids is 1. The third kappa shape index (κ3) is 4.12. The quantitative estimate of drug-likeness (QED) is 0.366. The zero-order chi connectivity index (χ0) is 21.2. The Morgan fingerprint density at radius 3 is 2.81 bits per heavy atom. The van der Waals surface area contributed by atoms with Crippen LogP contribution in [0.25, 0.3) is 21.5 Å². The SMILES string of the molecule is O=C(CCc1ccc(-c2ccccc2F)o1)N1CCCC[C@@H]1c1nc2ccccc2s1. The van der Waals surface area contributed by atoms with Gasteiger partial charge in [-0.15, -0.1) is 11.3 Å². The van der Waals surface area contributed by atoms with Gasteiger partial charge in [-0.1, -0.05) is 24.3 Å². The molecule has 1 aliphatic heterocycles. The summed E-state index contributed by atoms with van der Waals surface area (Å²) in [5, 5.41) is 1.02. The van der Waals surface area contributed by atoms with Gasteiger partial charge in [0, 0.05) is 19.4 Å². The van der Waals surface area contributed by atoms with Gasteiger partial charge in [0.05, 0.1) is 21.8 Å². The van der Waals surface area contributed by atoms with E-state index in [1.54, 1.807) is 35.6 Å². The van der Waals surface area contributed by atoms with Crippen LogP contribution in [0.3, 0.4) is 0 Å². The summed E-state index contributed by atoms with van der Waals surface area (Å²) >= 11 is 1.68. The Morgan fingerprint density at radius 1 is 1.10 bits per heavy atom. The van der Waals surface area contributed by atoms with Gasteiger partial charge in [-0.25, -0.2) is 9.37 Å². The largest absolute Gasteiger partial charge is 0.461 e. The molecule has 0 saturated carbocycles. The summed E-state index contributed by atoms with van der Waals surface area (Å²) in [4.78, 5) is 19.9. The van der Waals surface area contributed by atoms with Gasteiger partial charge in [0.1, 0.15) is 22.3 Å². The van der Waals surface area contributed by atoms with Crippen molar-refractivity contribution in [3.05, 3.63) is 77.2 Å². The molecule has 158 valence electrons. The van der Waals surface area contributed by atoms with Crippen molar-refractivity contribution >= 4 is 27.5 Å². The number of aromatic nitrogens is 1. The molecule has 0 radical (unpaired) electrons. The first-order valence-electron chi connectivity index (χ1n) is 10.7. The lowest BCUT2D eigenvalue weighted by molar-refractivity contribution is -0.135. The molecule has 1 atom stereocenters. The van der Waals surface area contributed by atoms with E-state index in [9.17, 15) is 9.18 Å². The maximum Gasteiger partial charge on any atom is 0.223 e. The van der Waals surface area contributed by atoms with Crippen LogP contribution in [0.15, 0.2) is 65.1 Å². The van der Waals surface area contributed by atoms with Crippen molar-refractivity contribution in [2.75, 3.05) is 6.54 Å². The van der Waals surface area contributed by atoms with Crippen LogP contribution in [0.1, 0.15) is 42.5 Å². The Balaban J connectivity index is 1.28. The molecular formula is C25H23FN2O2S. The van der Waals surface area contributed by atoms with Crippen LogP contribution >= 0.6 is 11.3 Å². The molecule has 0 unspecified atom stereocenters. The highest BCUT2D eigenvalue weighted by Gasteiger charge is 2.30. The molecule has 2 aromatic heterocycles. The summed E-state index contributed by atoms with van der Waals surface area (Å²) in [6.07, 6.45) is 3.94. The Labute approximate surface area is 184 Å². The van der Waals surface area contributed by atoms with Crippen molar-refractivity contribution in [1.29, 1.82) is 0 Å². The summed E-state index contributed by atoms with van der Waals surface area (Å²) in [7, 11) is 0. The van der Waals surface area contributed by atoms with Crippen molar-refractivity contribution in [3.8, 4) is 11.3 Å². The monoisotopic (exact) mass is 434 g/mol. The second-order valence-corrected chi connectivity index (χ2v) is 8.93. The van der Waals surface area contributed by atoms with Gasteiger partial charge < -0.3 is 9.32 Å². The highest BCUT2D eigenvalue weighted by atomic mass is 32.1. The number of aryl methyl sites for hydroxylation is 1. The highest BCUT2D eigenvalue weighted by molar-refractivity contribution is 7.18. The van der Waals surface area contributed by atoms with E-state index in [0.717, 1.165) is 41.0 Å². The van der Waals surface area contributed by atoms with E-state index in [0.29, 0.717) is 29.9 Å². The Bertz CT molecular complexity index is 1180.